The highest BCUT2D eigenvalue weighted by molar-refractivity contribution is 5.21. The van der Waals surface area contributed by atoms with Gasteiger partial charge >= 0.3 is 0 Å². The molecule has 82 valence electrons. The Labute approximate surface area is 92.5 Å². The van der Waals surface area contributed by atoms with E-state index in [2.05, 4.69) is 25.3 Å². The van der Waals surface area contributed by atoms with Gasteiger partial charge in [0.25, 0.3) is 0 Å². The van der Waals surface area contributed by atoms with Crippen LogP contribution in [0.1, 0.15) is 25.7 Å². The third-order valence-electron chi connectivity index (χ3n) is 3.83. The van der Waals surface area contributed by atoms with Gasteiger partial charge in [0.2, 0.25) is 0 Å². The molecule has 0 heterocycles. The smallest absolute Gasteiger partial charge is 0.0814 e. The van der Waals surface area contributed by atoms with Crippen LogP contribution in [0.4, 0.5) is 0 Å². The van der Waals surface area contributed by atoms with Crippen molar-refractivity contribution in [2.24, 2.45) is 11.8 Å². The first-order valence-electron chi connectivity index (χ1n) is 5.87. The van der Waals surface area contributed by atoms with E-state index in [1.54, 1.807) is 0 Å². The maximum Gasteiger partial charge on any atom is 0.0814 e. The topological polar surface area (TPSA) is 9.23 Å². The first-order valence-corrected chi connectivity index (χ1v) is 5.87. The lowest BCUT2D eigenvalue weighted by molar-refractivity contribution is -0.0657. The molecule has 15 heavy (non-hydrogen) atoms. The Morgan fingerprint density at radius 2 is 1.87 bits per heavy atom. The third-order valence-corrected chi connectivity index (χ3v) is 3.83. The Kier molecular flexibility index (Phi) is 3.11. The second-order valence-corrected chi connectivity index (χ2v) is 4.56. The van der Waals surface area contributed by atoms with E-state index >= 15 is 0 Å². The molecule has 0 aromatic rings. The number of hydrogen-bond acceptors (Lipinski definition) is 1. The fourth-order valence-corrected chi connectivity index (χ4v) is 3.11. The second kappa shape index (κ2) is 4.36. The van der Waals surface area contributed by atoms with Crippen LogP contribution in [0, 0.1) is 11.8 Å². The number of hydrogen-bond donors (Lipinski definition) is 0. The number of ether oxygens (including phenoxy) is 1. The van der Waals surface area contributed by atoms with Crippen LogP contribution in [0.15, 0.2) is 37.5 Å². The molecular formula is C14H20O. The van der Waals surface area contributed by atoms with Crippen LogP contribution in [0.5, 0.6) is 0 Å². The molecule has 2 aliphatic carbocycles. The lowest BCUT2D eigenvalue weighted by Crippen LogP contribution is -2.38. The molecule has 0 radical (unpaired) electrons. The molecule has 0 saturated heterocycles. The van der Waals surface area contributed by atoms with Crippen molar-refractivity contribution in [2.75, 3.05) is 6.61 Å². The van der Waals surface area contributed by atoms with E-state index in [9.17, 15) is 0 Å². The Morgan fingerprint density at radius 3 is 2.33 bits per heavy atom. The first-order chi connectivity index (χ1) is 7.33. The van der Waals surface area contributed by atoms with Gasteiger partial charge in [0, 0.05) is 11.8 Å². The highest BCUT2D eigenvalue weighted by atomic mass is 16.5. The lowest BCUT2D eigenvalue weighted by Gasteiger charge is -2.34. The van der Waals surface area contributed by atoms with Crippen LogP contribution >= 0.6 is 0 Å². The molecule has 2 bridgehead atoms. The molecule has 2 rings (SSSR count). The van der Waals surface area contributed by atoms with Crippen molar-refractivity contribution < 1.29 is 4.74 Å². The van der Waals surface area contributed by atoms with Crippen molar-refractivity contribution in [3.63, 3.8) is 0 Å². The Morgan fingerprint density at radius 1 is 1.20 bits per heavy atom. The van der Waals surface area contributed by atoms with Gasteiger partial charge in [-0.05, 0) is 25.7 Å². The molecule has 0 aliphatic heterocycles. The van der Waals surface area contributed by atoms with Gasteiger partial charge < -0.3 is 4.74 Å². The molecule has 0 spiro atoms. The quantitative estimate of drug-likeness (QED) is 0.602. The van der Waals surface area contributed by atoms with E-state index < -0.39 is 0 Å². The summed E-state index contributed by atoms with van der Waals surface area (Å²) in [5.41, 5.74) is 0.0718. The minimum atomic E-state index is 0.0718. The van der Waals surface area contributed by atoms with Gasteiger partial charge in [-0.25, -0.2) is 0 Å². The molecule has 1 heteroatoms. The summed E-state index contributed by atoms with van der Waals surface area (Å²) < 4.78 is 6.10. The van der Waals surface area contributed by atoms with E-state index in [-0.39, 0.29) is 5.60 Å². The van der Waals surface area contributed by atoms with Crippen LogP contribution in [-0.2, 0) is 4.74 Å². The average Bonchev–Trinajstić information content (AvgIpc) is 2.79. The van der Waals surface area contributed by atoms with Gasteiger partial charge in [0.15, 0.2) is 0 Å². The van der Waals surface area contributed by atoms with Gasteiger partial charge in [0.05, 0.1) is 12.2 Å². The predicted molar refractivity (Wildman–Crippen MR) is 63.7 cm³/mol. The maximum absolute atomic E-state index is 6.10. The Bertz CT molecular complexity index is 249. The Balaban J connectivity index is 2.09. The van der Waals surface area contributed by atoms with Gasteiger partial charge in [-0.1, -0.05) is 24.3 Å². The van der Waals surface area contributed by atoms with E-state index in [0.29, 0.717) is 18.4 Å². The molecule has 2 aliphatic rings. The summed E-state index contributed by atoms with van der Waals surface area (Å²) in [6.07, 6.45) is 13.3. The summed E-state index contributed by atoms with van der Waals surface area (Å²) in [5, 5.41) is 0. The van der Waals surface area contributed by atoms with Crippen molar-refractivity contribution in [3.05, 3.63) is 37.5 Å². The maximum atomic E-state index is 6.10. The summed E-state index contributed by atoms with van der Waals surface area (Å²) in [6.45, 7) is 8.22. The zero-order chi connectivity index (χ0) is 10.7. The number of rotatable bonds is 6. The molecule has 0 unspecified atom stereocenters. The number of allylic oxidation sites excluding steroid dienone is 1. The highest BCUT2D eigenvalue weighted by Gasteiger charge is 2.51. The molecule has 0 aromatic heterocycles. The van der Waals surface area contributed by atoms with Crippen molar-refractivity contribution in [2.45, 2.75) is 31.3 Å². The van der Waals surface area contributed by atoms with Crippen molar-refractivity contribution in [3.8, 4) is 0 Å². The molecule has 0 aromatic carbocycles. The lowest BCUT2D eigenvalue weighted by atomic mass is 9.85. The van der Waals surface area contributed by atoms with Gasteiger partial charge in [-0.3, -0.25) is 0 Å². The molecule has 1 fully saturated rings. The third kappa shape index (κ3) is 1.69. The average molecular weight is 204 g/mol. The van der Waals surface area contributed by atoms with Crippen LogP contribution in [-0.4, -0.2) is 12.2 Å². The Hall–Kier alpha value is -0.820. The SMILES string of the molecule is C=CCCC1(OCC=C)[C@H]2C=C[C@H]1CC2. The van der Waals surface area contributed by atoms with Crippen LogP contribution in [0.2, 0.25) is 0 Å². The predicted octanol–water partition coefficient (Wildman–Crippen LogP) is 3.49. The minimum Gasteiger partial charge on any atom is -0.370 e. The molecular weight excluding hydrogens is 184 g/mol. The molecule has 0 N–H and O–H groups in total. The van der Waals surface area contributed by atoms with Gasteiger partial charge in [-0.15, -0.1) is 13.2 Å². The summed E-state index contributed by atoms with van der Waals surface area (Å²) in [5.74, 6) is 1.25. The first kappa shape index (κ1) is 10.7. The van der Waals surface area contributed by atoms with Gasteiger partial charge in [-0.2, -0.15) is 0 Å². The number of fused-ring (bicyclic) bond motifs is 2. The normalized spacial score (nSPS) is 37.1. The molecule has 0 amide bonds. The zero-order valence-electron chi connectivity index (χ0n) is 9.32. The van der Waals surface area contributed by atoms with E-state index in [0.717, 1.165) is 12.8 Å². The van der Waals surface area contributed by atoms with Crippen LogP contribution in [0.3, 0.4) is 0 Å². The van der Waals surface area contributed by atoms with Crippen molar-refractivity contribution in [1.29, 1.82) is 0 Å². The van der Waals surface area contributed by atoms with Crippen molar-refractivity contribution in [1.82, 2.24) is 0 Å². The molecule has 1 saturated carbocycles. The minimum absolute atomic E-state index is 0.0718. The fourth-order valence-electron chi connectivity index (χ4n) is 3.11. The summed E-state index contributed by atoms with van der Waals surface area (Å²) in [6, 6.07) is 0. The van der Waals surface area contributed by atoms with Gasteiger partial charge in [0.1, 0.15) is 0 Å². The summed E-state index contributed by atoms with van der Waals surface area (Å²) >= 11 is 0. The van der Waals surface area contributed by atoms with Crippen LogP contribution in [0.25, 0.3) is 0 Å². The van der Waals surface area contributed by atoms with E-state index in [4.69, 9.17) is 4.74 Å². The highest BCUT2D eigenvalue weighted by Crippen LogP contribution is 2.52. The fraction of sp³-hybridized carbons (Fsp3) is 0.571. The van der Waals surface area contributed by atoms with Crippen LogP contribution < -0.4 is 0 Å². The van der Waals surface area contributed by atoms with Crippen molar-refractivity contribution >= 4 is 0 Å². The molecule has 1 nitrogen and oxygen atoms in total. The second-order valence-electron chi connectivity index (χ2n) is 4.56. The van der Waals surface area contributed by atoms with E-state index in [1.807, 2.05) is 12.2 Å². The monoisotopic (exact) mass is 204 g/mol. The van der Waals surface area contributed by atoms with E-state index in [1.165, 1.54) is 12.8 Å². The summed E-state index contributed by atoms with van der Waals surface area (Å²) in [4.78, 5) is 0. The standard InChI is InChI=1S/C14H20O/c1-3-5-10-14(15-11-4-2)12-6-7-13(14)9-8-12/h3-4,6-7,12-13H,1-2,5,8-11H2/t12-,13-/m0/s1. The largest absolute Gasteiger partial charge is 0.370 e. The molecule has 2 atom stereocenters. The summed E-state index contributed by atoms with van der Waals surface area (Å²) in [7, 11) is 0. The zero-order valence-corrected chi connectivity index (χ0v) is 9.32.